The molecule has 10 heteroatoms. The third kappa shape index (κ3) is 3.66. The highest BCUT2D eigenvalue weighted by molar-refractivity contribution is 7.92. The summed E-state index contributed by atoms with van der Waals surface area (Å²) in [5, 5.41) is 11.3. The monoisotopic (exact) mass is 416 g/mol. The summed E-state index contributed by atoms with van der Waals surface area (Å²) in [6.07, 6.45) is 0.393. The van der Waals surface area contributed by atoms with Gasteiger partial charge in [-0.05, 0) is 31.5 Å². The van der Waals surface area contributed by atoms with E-state index in [1.807, 2.05) is 0 Å². The SMILES string of the molecule is CCc1ccc(S(=O)(=O)Nc2c(C)n(C)n(-c3ccccc3)c2=O)cc1[N+](=O)[O-]. The average Bonchev–Trinajstić information content (AvgIpc) is 2.91. The topological polar surface area (TPSA) is 116 Å². The minimum Gasteiger partial charge on any atom is -0.283 e. The lowest BCUT2D eigenvalue weighted by Gasteiger charge is -2.08. The van der Waals surface area contributed by atoms with Crippen molar-refractivity contribution in [2.24, 2.45) is 7.05 Å². The Hall–Kier alpha value is -3.40. The van der Waals surface area contributed by atoms with Crippen molar-refractivity contribution in [3.63, 3.8) is 0 Å². The zero-order valence-electron chi connectivity index (χ0n) is 16.1. The molecule has 0 saturated carbocycles. The van der Waals surface area contributed by atoms with Gasteiger partial charge in [0.15, 0.2) is 0 Å². The second-order valence-corrected chi connectivity index (χ2v) is 8.13. The summed E-state index contributed by atoms with van der Waals surface area (Å²) in [6, 6.07) is 12.5. The van der Waals surface area contributed by atoms with Gasteiger partial charge in [-0.3, -0.25) is 24.3 Å². The molecule has 0 radical (unpaired) electrons. The fourth-order valence-electron chi connectivity index (χ4n) is 3.06. The van der Waals surface area contributed by atoms with Gasteiger partial charge in [-0.15, -0.1) is 0 Å². The highest BCUT2D eigenvalue weighted by atomic mass is 32.2. The predicted octanol–water partition coefficient (Wildman–Crippen LogP) is 2.76. The normalized spacial score (nSPS) is 11.4. The van der Waals surface area contributed by atoms with E-state index in [2.05, 4.69) is 4.72 Å². The largest absolute Gasteiger partial charge is 0.296 e. The van der Waals surface area contributed by atoms with E-state index in [1.165, 1.54) is 21.5 Å². The molecule has 0 unspecified atom stereocenters. The molecule has 0 fully saturated rings. The predicted molar refractivity (Wildman–Crippen MR) is 109 cm³/mol. The highest BCUT2D eigenvalue weighted by Gasteiger charge is 2.25. The molecule has 0 atom stereocenters. The molecule has 29 heavy (non-hydrogen) atoms. The Morgan fingerprint density at radius 1 is 1.14 bits per heavy atom. The van der Waals surface area contributed by atoms with Crippen LogP contribution in [0.2, 0.25) is 0 Å². The van der Waals surface area contributed by atoms with Crippen LogP contribution in [0.5, 0.6) is 0 Å². The van der Waals surface area contributed by atoms with E-state index in [0.29, 0.717) is 23.4 Å². The molecule has 3 rings (SSSR count). The third-order valence-electron chi connectivity index (χ3n) is 4.74. The molecule has 1 aromatic heterocycles. The molecule has 0 saturated heterocycles. The summed E-state index contributed by atoms with van der Waals surface area (Å²) in [4.78, 5) is 23.3. The Balaban J connectivity index is 2.08. The van der Waals surface area contributed by atoms with Gasteiger partial charge in [-0.2, -0.15) is 0 Å². The van der Waals surface area contributed by atoms with Crippen molar-refractivity contribution >= 4 is 21.4 Å². The third-order valence-corrected chi connectivity index (χ3v) is 6.08. The molecule has 1 N–H and O–H groups in total. The van der Waals surface area contributed by atoms with Crippen LogP contribution in [0.1, 0.15) is 18.2 Å². The van der Waals surface area contributed by atoms with Gasteiger partial charge < -0.3 is 0 Å². The maximum absolute atomic E-state index is 12.9. The summed E-state index contributed by atoms with van der Waals surface area (Å²) in [5.41, 5.74) is 0.481. The minimum atomic E-state index is -4.21. The Bertz CT molecular complexity index is 1240. The van der Waals surface area contributed by atoms with E-state index in [0.717, 1.165) is 6.07 Å². The van der Waals surface area contributed by atoms with E-state index in [-0.39, 0.29) is 16.3 Å². The Labute approximate surface area is 167 Å². The number of benzene rings is 2. The van der Waals surface area contributed by atoms with Crippen LogP contribution in [0.25, 0.3) is 5.69 Å². The molecule has 0 aliphatic rings. The average molecular weight is 416 g/mol. The first-order valence-corrected chi connectivity index (χ1v) is 10.3. The highest BCUT2D eigenvalue weighted by Crippen LogP contribution is 2.25. The molecule has 152 valence electrons. The van der Waals surface area contributed by atoms with E-state index in [1.54, 1.807) is 51.2 Å². The number of aryl methyl sites for hydroxylation is 1. The number of sulfonamides is 1. The maximum atomic E-state index is 12.9. The van der Waals surface area contributed by atoms with Crippen LogP contribution in [0.15, 0.2) is 58.2 Å². The molecule has 0 bridgehead atoms. The molecule has 2 aromatic carbocycles. The summed E-state index contributed by atoms with van der Waals surface area (Å²) in [7, 11) is -2.56. The molecule has 0 aliphatic heterocycles. The lowest BCUT2D eigenvalue weighted by atomic mass is 10.1. The van der Waals surface area contributed by atoms with Crippen molar-refractivity contribution in [1.82, 2.24) is 9.36 Å². The van der Waals surface area contributed by atoms with Crippen LogP contribution in [0.3, 0.4) is 0 Å². The fourth-order valence-corrected chi connectivity index (χ4v) is 4.19. The first-order chi connectivity index (χ1) is 13.7. The zero-order chi connectivity index (χ0) is 21.3. The van der Waals surface area contributed by atoms with E-state index < -0.39 is 20.5 Å². The number of nitro benzene ring substituents is 1. The number of hydrogen-bond acceptors (Lipinski definition) is 5. The minimum absolute atomic E-state index is 0.112. The molecular weight excluding hydrogens is 396 g/mol. The van der Waals surface area contributed by atoms with Crippen molar-refractivity contribution in [2.75, 3.05) is 4.72 Å². The Kier molecular flexibility index (Phi) is 5.29. The summed E-state index contributed by atoms with van der Waals surface area (Å²) < 4.78 is 30.9. The maximum Gasteiger partial charge on any atom is 0.296 e. The van der Waals surface area contributed by atoms with Crippen molar-refractivity contribution in [2.45, 2.75) is 25.2 Å². The molecule has 0 aliphatic carbocycles. The molecule has 0 amide bonds. The number of para-hydroxylation sites is 1. The van der Waals surface area contributed by atoms with Crippen molar-refractivity contribution in [1.29, 1.82) is 0 Å². The van der Waals surface area contributed by atoms with Gasteiger partial charge in [0.2, 0.25) is 0 Å². The van der Waals surface area contributed by atoms with Gasteiger partial charge in [-0.25, -0.2) is 13.1 Å². The van der Waals surface area contributed by atoms with Gasteiger partial charge in [0.25, 0.3) is 21.3 Å². The van der Waals surface area contributed by atoms with Crippen molar-refractivity contribution in [3.8, 4) is 5.69 Å². The van der Waals surface area contributed by atoms with Crippen LogP contribution in [0.4, 0.5) is 11.4 Å². The van der Waals surface area contributed by atoms with E-state index in [9.17, 15) is 23.3 Å². The number of anilines is 1. The number of nitrogens with zero attached hydrogens (tertiary/aromatic N) is 3. The zero-order valence-corrected chi connectivity index (χ0v) is 16.9. The second kappa shape index (κ2) is 7.55. The Morgan fingerprint density at radius 3 is 2.38 bits per heavy atom. The smallest absolute Gasteiger partial charge is 0.283 e. The lowest BCUT2D eigenvalue weighted by Crippen LogP contribution is -2.23. The quantitative estimate of drug-likeness (QED) is 0.490. The number of nitrogens with one attached hydrogen (secondary N) is 1. The van der Waals surface area contributed by atoms with Gasteiger partial charge >= 0.3 is 0 Å². The molecule has 1 heterocycles. The molecule has 0 spiro atoms. The summed E-state index contributed by atoms with van der Waals surface area (Å²) in [6.45, 7) is 3.36. The first-order valence-electron chi connectivity index (χ1n) is 8.81. The first kappa shape index (κ1) is 20.3. The Morgan fingerprint density at radius 2 is 1.79 bits per heavy atom. The lowest BCUT2D eigenvalue weighted by molar-refractivity contribution is -0.385. The standard InChI is InChI=1S/C19H20N4O5S/c1-4-14-10-11-16(12-17(14)23(25)26)29(27,28)20-18-13(2)21(3)22(19(18)24)15-8-6-5-7-9-15/h5-12,20H,4H2,1-3H3. The van der Waals surface area contributed by atoms with Crippen LogP contribution < -0.4 is 10.3 Å². The van der Waals surface area contributed by atoms with Gasteiger partial charge in [0.1, 0.15) is 5.69 Å². The van der Waals surface area contributed by atoms with Gasteiger partial charge in [-0.1, -0.05) is 31.2 Å². The fraction of sp³-hybridized carbons (Fsp3) is 0.211. The number of hydrogen-bond donors (Lipinski definition) is 1. The van der Waals surface area contributed by atoms with Crippen LogP contribution >= 0.6 is 0 Å². The van der Waals surface area contributed by atoms with Gasteiger partial charge in [0, 0.05) is 18.7 Å². The summed E-state index contributed by atoms with van der Waals surface area (Å²) >= 11 is 0. The van der Waals surface area contributed by atoms with Crippen LogP contribution in [-0.4, -0.2) is 22.7 Å². The molecule has 3 aromatic rings. The van der Waals surface area contributed by atoms with E-state index >= 15 is 0 Å². The van der Waals surface area contributed by atoms with Crippen molar-refractivity contribution in [3.05, 3.63) is 80.3 Å². The molecule has 9 nitrogen and oxygen atoms in total. The van der Waals surface area contributed by atoms with E-state index in [4.69, 9.17) is 0 Å². The van der Waals surface area contributed by atoms with Crippen LogP contribution in [-0.2, 0) is 23.5 Å². The van der Waals surface area contributed by atoms with Crippen LogP contribution in [0, 0.1) is 17.0 Å². The van der Waals surface area contributed by atoms with Gasteiger partial charge in [0.05, 0.1) is 21.2 Å². The number of nitro groups is 1. The van der Waals surface area contributed by atoms with Crippen molar-refractivity contribution < 1.29 is 13.3 Å². The summed E-state index contributed by atoms with van der Waals surface area (Å²) in [5.74, 6) is 0. The number of rotatable bonds is 6. The number of aromatic nitrogens is 2. The second-order valence-electron chi connectivity index (χ2n) is 6.44. The molecular formula is C19H20N4O5S.